The van der Waals surface area contributed by atoms with Crippen LogP contribution in [0.3, 0.4) is 0 Å². The fourth-order valence-electron chi connectivity index (χ4n) is 1.97. The lowest BCUT2D eigenvalue weighted by Gasteiger charge is -2.32. The van der Waals surface area contributed by atoms with Gasteiger partial charge in [-0.15, -0.1) is 11.3 Å². The number of hydrogen-bond donors (Lipinski definition) is 1. The van der Waals surface area contributed by atoms with E-state index in [-0.39, 0.29) is 6.61 Å². The number of allylic oxidation sites excluding steroid dienone is 1. The van der Waals surface area contributed by atoms with Crippen LogP contribution in [0.2, 0.25) is 0 Å². The summed E-state index contributed by atoms with van der Waals surface area (Å²) in [5.41, 5.74) is -1.06. The number of halogens is 1. The van der Waals surface area contributed by atoms with Crippen molar-refractivity contribution in [3.63, 3.8) is 0 Å². The van der Waals surface area contributed by atoms with Gasteiger partial charge in [-0.2, -0.15) is 0 Å². The topological polar surface area (TPSA) is 38.7 Å². The molecule has 0 aromatic carbocycles. The predicted octanol–water partition coefficient (Wildman–Crippen LogP) is 3.42. The van der Waals surface area contributed by atoms with E-state index in [0.29, 0.717) is 5.57 Å². The molecule has 6 heteroatoms. The third-order valence-electron chi connectivity index (χ3n) is 4.08. The second-order valence-electron chi connectivity index (χ2n) is 6.18. The van der Waals surface area contributed by atoms with E-state index in [2.05, 4.69) is 11.8 Å². The first-order chi connectivity index (χ1) is 10.2. The molecule has 1 fully saturated rings. The summed E-state index contributed by atoms with van der Waals surface area (Å²) in [5, 5.41) is 8.70. The molecule has 0 radical (unpaired) electrons. The van der Waals surface area contributed by atoms with Crippen LogP contribution in [0.15, 0.2) is 17.9 Å². The van der Waals surface area contributed by atoms with Crippen LogP contribution in [0.1, 0.15) is 44.4 Å². The Morgan fingerprint density at radius 2 is 1.86 bits per heavy atom. The molecule has 2 rings (SSSR count). The minimum atomic E-state index is -0.987. The maximum absolute atomic E-state index is 14.7. The van der Waals surface area contributed by atoms with Crippen molar-refractivity contribution < 1.29 is 18.8 Å². The standard InChI is InChI=1S/C16H20BFO3S/c1-11(13-9-8-12(22-13)7-6-10-19)14(18)17-20-15(2,3)16(4,5)21-17/h8-9,19H,10H2,1-5H3. The van der Waals surface area contributed by atoms with E-state index in [1.807, 2.05) is 39.8 Å². The lowest BCUT2D eigenvalue weighted by Crippen LogP contribution is -2.41. The molecule has 3 nitrogen and oxygen atoms in total. The summed E-state index contributed by atoms with van der Waals surface area (Å²) in [6, 6.07) is 3.62. The van der Waals surface area contributed by atoms with Gasteiger partial charge in [0, 0.05) is 4.88 Å². The molecule has 118 valence electrons. The first-order valence-electron chi connectivity index (χ1n) is 7.10. The molecular formula is C16H20BFO3S. The highest BCUT2D eigenvalue weighted by Crippen LogP contribution is 2.40. The Morgan fingerprint density at radius 1 is 1.27 bits per heavy atom. The van der Waals surface area contributed by atoms with Crippen LogP contribution in [-0.2, 0) is 9.31 Å². The van der Waals surface area contributed by atoms with Gasteiger partial charge >= 0.3 is 7.12 Å². The van der Waals surface area contributed by atoms with Gasteiger partial charge in [-0.1, -0.05) is 11.8 Å². The van der Waals surface area contributed by atoms with Crippen LogP contribution in [0.25, 0.3) is 5.57 Å². The SMILES string of the molecule is CC(=C(F)B1OC(C)(C)C(C)(C)O1)c1ccc(C#CCO)s1. The average molecular weight is 322 g/mol. The summed E-state index contributed by atoms with van der Waals surface area (Å²) in [4.78, 5) is 1.56. The summed E-state index contributed by atoms with van der Waals surface area (Å²) >= 11 is 1.37. The maximum atomic E-state index is 14.7. The van der Waals surface area contributed by atoms with Crippen LogP contribution >= 0.6 is 11.3 Å². The van der Waals surface area contributed by atoms with Crippen LogP contribution in [0.4, 0.5) is 4.39 Å². The van der Waals surface area contributed by atoms with Crippen LogP contribution in [0.5, 0.6) is 0 Å². The molecule has 1 aliphatic rings. The van der Waals surface area contributed by atoms with E-state index in [0.717, 1.165) is 9.75 Å². The van der Waals surface area contributed by atoms with Crippen LogP contribution < -0.4 is 0 Å². The third kappa shape index (κ3) is 3.28. The maximum Gasteiger partial charge on any atom is 0.525 e. The second kappa shape index (κ2) is 6.17. The third-order valence-corrected chi connectivity index (χ3v) is 5.20. The fourth-order valence-corrected chi connectivity index (χ4v) is 2.86. The van der Waals surface area contributed by atoms with Crippen molar-refractivity contribution in [3.05, 3.63) is 27.6 Å². The quantitative estimate of drug-likeness (QED) is 0.670. The summed E-state index contributed by atoms with van der Waals surface area (Å²) in [5.74, 6) is 5.39. The van der Waals surface area contributed by atoms with Crippen molar-refractivity contribution in [1.82, 2.24) is 0 Å². The molecule has 0 atom stereocenters. The summed E-state index contributed by atoms with van der Waals surface area (Å²) in [7, 11) is -0.987. The number of aliphatic hydroxyl groups excluding tert-OH is 1. The van der Waals surface area contributed by atoms with Crippen molar-refractivity contribution >= 4 is 24.0 Å². The van der Waals surface area contributed by atoms with Crippen LogP contribution in [0, 0.1) is 11.8 Å². The van der Waals surface area contributed by atoms with E-state index in [4.69, 9.17) is 14.4 Å². The summed E-state index contributed by atoms with van der Waals surface area (Å²) in [6.07, 6.45) is 0. The fraction of sp³-hybridized carbons (Fsp3) is 0.500. The smallest absolute Gasteiger partial charge is 0.398 e. The summed E-state index contributed by atoms with van der Waals surface area (Å²) < 4.78 is 26.2. The van der Waals surface area contributed by atoms with Crippen molar-refractivity contribution in [2.75, 3.05) is 6.61 Å². The molecule has 0 unspecified atom stereocenters. The Labute approximate surface area is 135 Å². The molecule has 0 bridgehead atoms. The van der Waals surface area contributed by atoms with Crippen LogP contribution in [-0.4, -0.2) is 30.0 Å². The predicted molar refractivity (Wildman–Crippen MR) is 88.1 cm³/mol. The highest BCUT2D eigenvalue weighted by Gasteiger charge is 2.53. The van der Waals surface area contributed by atoms with E-state index in [9.17, 15) is 4.39 Å². The minimum Gasteiger partial charge on any atom is -0.398 e. The van der Waals surface area contributed by atoms with E-state index in [1.165, 1.54) is 11.3 Å². The van der Waals surface area contributed by atoms with E-state index in [1.54, 1.807) is 6.92 Å². The van der Waals surface area contributed by atoms with Gasteiger partial charge in [-0.3, -0.25) is 0 Å². The molecule has 22 heavy (non-hydrogen) atoms. The van der Waals surface area contributed by atoms with E-state index < -0.39 is 24.0 Å². The first kappa shape index (κ1) is 17.2. The van der Waals surface area contributed by atoms with Crippen molar-refractivity contribution in [3.8, 4) is 11.8 Å². The Bertz CT molecular complexity index is 636. The molecule has 1 aliphatic heterocycles. The van der Waals surface area contributed by atoms with Gasteiger partial charge < -0.3 is 14.4 Å². The zero-order valence-electron chi connectivity index (χ0n) is 13.5. The second-order valence-corrected chi connectivity index (χ2v) is 7.27. The van der Waals surface area contributed by atoms with Gasteiger partial charge in [0.25, 0.3) is 0 Å². The van der Waals surface area contributed by atoms with Gasteiger partial charge in [-0.05, 0) is 52.3 Å². The summed E-state index contributed by atoms with van der Waals surface area (Å²) in [6.45, 7) is 9.08. The van der Waals surface area contributed by atoms with Gasteiger partial charge in [0.15, 0.2) is 0 Å². The zero-order valence-corrected chi connectivity index (χ0v) is 14.3. The molecule has 0 saturated carbocycles. The van der Waals surface area contributed by atoms with Gasteiger partial charge in [0.1, 0.15) is 12.3 Å². The van der Waals surface area contributed by atoms with Crippen molar-refractivity contribution in [2.24, 2.45) is 0 Å². The Kier molecular flexibility index (Phi) is 4.83. The van der Waals surface area contributed by atoms with Crippen molar-refractivity contribution in [1.29, 1.82) is 0 Å². The Hall–Kier alpha value is -1.13. The molecule has 1 saturated heterocycles. The zero-order chi connectivity index (χ0) is 16.5. The number of thiophene rings is 1. The van der Waals surface area contributed by atoms with Gasteiger partial charge in [0.2, 0.25) is 0 Å². The minimum absolute atomic E-state index is 0.190. The number of hydrogen-bond acceptors (Lipinski definition) is 4. The monoisotopic (exact) mass is 322 g/mol. The molecule has 1 aromatic heterocycles. The highest BCUT2D eigenvalue weighted by atomic mass is 32.1. The first-order valence-corrected chi connectivity index (χ1v) is 7.91. The number of rotatable bonds is 2. The lowest BCUT2D eigenvalue weighted by molar-refractivity contribution is 0.00578. The molecule has 0 amide bonds. The largest absolute Gasteiger partial charge is 0.525 e. The molecule has 2 heterocycles. The Balaban J connectivity index is 2.25. The van der Waals surface area contributed by atoms with Gasteiger partial charge in [0.05, 0.1) is 16.1 Å². The lowest BCUT2D eigenvalue weighted by atomic mass is 9.84. The average Bonchev–Trinajstić information content (AvgIpc) is 2.98. The normalized spacial score (nSPS) is 20.4. The molecule has 1 N–H and O–H groups in total. The highest BCUT2D eigenvalue weighted by molar-refractivity contribution is 7.13. The number of aliphatic hydroxyl groups is 1. The molecule has 1 aromatic rings. The van der Waals surface area contributed by atoms with Gasteiger partial charge in [-0.25, -0.2) is 4.39 Å². The van der Waals surface area contributed by atoms with E-state index >= 15 is 0 Å². The van der Waals surface area contributed by atoms with Crippen molar-refractivity contribution in [2.45, 2.75) is 45.8 Å². The Morgan fingerprint density at radius 3 is 2.41 bits per heavy atom. The molecular weight excluding hydrogens is 302 g/mol. The molecule has 0 spiro atoms. The molecule has 0 aliphatic carbocycles.